The molecule has 1 amide bonds. The largest absolute Gasteiger partial charge is 0.490 e. The molecule has 0 saturated heterocycles. The lowest BCUT2D eigenvalue weighted by Crippen LogP contribution is -2.40. The Morgan fingerprint density at radius 2 is 1.88 bits per heavy atom. The molecule has 25 heavy (non-hydrogen) atoms. The second-order valence-corrected chi connectivity index (χ2v) is 4.64. The number of carbonyl (C=O) groups excluding carboxylic acids is 1. The van der Waals surface area contributed by atoms with Gasteiger partial charge in [-0.2, -0.15) is 18.4 Å². The minimum atomic E-state index is -5.08. The number of nitrogens with zero attached hydrogens (tertiary/aromatic N) is 1. The molecule has 7 nitrogen and oxygen atoms in total. The lowest BCUT2D eigenvalue weighted by Gasteiger charge is -2.15. The summed E-state index contributed by atoms with van der Waals surface area (Å²) in [4.78, 5) is 20.4. The van der Waals surface area contributed by atoms with Gasteiger partial charge in [-0.15, -0.1) is 0 Å². The van der Waals surface area contributed by atoms with Gasteiger partial charge in [0.05, 0.1) is 6.07 Å². The number of nitrogens with two attached hydrogens (primary N) is 1. The third-order valence-corrected chi connectivity index (χ3v) is 2.67. The monoisotopic (exact) mass is 361 g/mol. The van der Waals surface area contributed by atoms with Crippen LogP contribution in [0.3, 0.4) is 0 Å². The van der Waals surface area contributed by atoms with Gasteiger partial charge in [-0.3, -0.25) is 0 Å². The van der Waals surface area contributed by atoms with Gasteiger partial charge in [-0.25, -0.2) is 9.59 Å². The van der Waals surface area contributed by atoms with Crippen molar-refractivity contribution < 1.29 is 32.6 Å². The molecule has 1 unspecified atom stereocenters. The Morgan fingerprint density at radius 1 is 1.32 bits per heavy atom. The van der Waals surface area contributed by atoms with Crippen molar-refractivity contribution >= 4 is 12.1 Å². The summed E-state index contributed by atoms with van der Waals surface area (Å²) >= 11 is 0. The molecule has 1 atom stereocenters. The molecule has 1 aromatic rings. The van der Waals surface area contributed by atoms with Gasteiger partial charge >= 0.3 is 18.2 Å². The molecule has 0 spiro atoms. The number of carboxylic acids is 1. The summed E-state index contributed by atoms with van der Waals surface area (Å²) < 4.78 is 36.8. The fourth-order valence-electron chi connectivity index (χ4n) is 1.42. The van der Waals surface area contributed by atoms with Crippen molar-refractivity contribution in [2.45, 2.75) is 31.7 Å². The van der Waals surface area contributed by atoms with Gasteiger partial charge in [0.25, 0.3) is 0 Å². The van der Waals surface area contributed by atoms with E-state index in [-0.39, 0.29) is 12.6 Å². The quantitative estimate of drug-likeness (QED) is 0.713. The van der Waals surface area contributed by atoms with Gasteiger partial charge in [0.2, 0.25) is 0 Å². The number of alkyl halides is 3. The van der Waals surface area contributed by atoms with Gasteiger partial charge in [-0.05, 0) is 12.0 Å². The maximum absolute atomic E-state index is 11.5. The summed E-state index contributed by atoms with van der Waals surface area (Å²) in [6.07, 6.45) is -4.69. The van der Waals surface area contributed by atoms with E-state index >= 15 is 0 Å². The number of carboxylic acid groups (broad SMARTS) is 1. The highest BCUT2D eigenvalue weighted by atomic mass is 19.4. The summed E-state index contributed by atoms with van der Waals surface area (Å²) in [6.45, 7) is 0.518. The van der Waals surface area contributed by atoms with E-state index in [9.17, 15) is 18.0 Å². The average molecular weight is 361 g/mol. The Morgan fingerprint density at radius 3 is 2.32 bits per heavy atom. The molecule has 0 aliphatic heterocycles. The molecule has 0 saturated carbocycles. The van der Waals surface area contributed by atoms with Crippen LogP contribution >= 0.6 is 0 Å². The van der Waals surface area contributed by atoms with Crippen molar-refractivity contribution in [1.82, 2.24) is 5.32 Å². The van der Waals surface area contributed by atoms with Gasteiger partial charge in [-0.1, -0.05) is 30.3 Å². The Bertz CT molecular complexity index is 574. The molecule has 1 aromatic carbocycles. The molecule has 138 valence electrons. The van der Waals surface area contributed by atoms with Gasteiger partial charge in [0.15, 0.2) is 0 Å². The molecule has 0 aromatic heterocycles. The Balaban J connectivity index is 0.000000697. The fraction of sp³-hybridized carbons (Fsp3) is 0.400. The van der Waals surface area contributed by atoms with E-state index in [1.54, 1.807) is 0 Å². The SMILES string of the molecule is N#CCCC(CN)NC(=O)OCc1ccccc1.O=C(O)C(F)(F)F. The number of halogens is 3. The summed E-state index contributed by atoms with van der Waals surface area (Å²) in [5.41, 5.74) is 6.41. The minimum absolute atomic E-state index is 0.215. The number of benzene rings is 1. The topological polar surface area (TPSA) is 125 Å². The van der Waals surface area contributed by atoms with Crippen molar-refractivity contribution in [3.63, 3.8) is 0 Å². The number of hydrogen-bond donors (Lipinski definition) is 3. The van der Waals surface area contributed by atoms with E-state index in [1.165, 1.54) is 0 Å². The van der Waals surface area contributed by atoms with Crippen molar-refractivity contribution in [1.29, 1.82) is 5.26 Å². The molecule has 4 N–H and O–H groups in total. The van der Waals surface area contributed by atoms with Crippen molar-refractivity contribution in [2.75, 3.05) is 6.54 Å². The summed E-state index contributed by atoms with van der Waals surface area (Å²) in [6, 6.07) is 11.2. The highest BCUT2D eigenvalue weighted by Crippen LogP contribution is 2.13. The highest BCUT2D eigenvalue weighted by molar-refractivity contribution is 5.73. The third kappa shape index (κ3) is 11.4. The van der Waals surface area contributed by atoms with E-state index < -0.39 is 18.2 Å². The normalized spacial score (nSPS) is 11.3. The van der Waals surface area contributed by atoms with Crippen LogP contribution in [0, 0.1) is 11.3 Å². The number of aliphatic carboxylic acids is 1. The van der Waals surface area contributed by atoms with Crippen LogP contribution in [-0.4, -0.2) is 35.9 Å². The molecular weight excluding hydrogens is 343 g/mol. The van der Waals surface area contributed by atoms with Crippen LogP contribution in [0.2, 0.25) is 0 Å². The summed E-state index contributed by atoms with van der Waals surface area (Å²) in [7, 11) is 0. The van der Waals surface area contributed by atoms with Crippen LogP contribution in [-0.2, 0) is 16.1 Å². The second kappa shape index (κ2) is 11.7. The van der Waals surface area contributed by atoms with Crippen LogP contribution in [0.25, 0.3) is 0 Å². The summed E-state index contributed by atoms with van der Waals surface area (Å²) in [5, 5.41) is 18.2. The Labute approximate surface area is 142 Å². The van der Waals surface area contributed by atoms with Crippen molar-refractivity contribution in [2.24, 2.45) is 5.73 Å². The van der Waals surface area contributed by atoms with Crippen LogP contribution in [0.4, 0.5) is 18.0 Å². The zero-order valence-corrected chi connectivity index (χ0v) is 13.1. The van der Waals surface area contributed by atoms with Gasteiger partial charge in [0, 0.05) is 19.0 Å². The number of hydrogen-bond acceptors (Lipinski definition) is 5. The third-order valence-electron chi connectivity index (χ3n) is 2.67. The molecule has 0 heterocycles. The van der Waals surface area contributed by atoms with Crippen LogP contribution in [0.5, 0.6) is 0 Å². The molecular formula is C15H18F3N3O4. The van der Waals surface area contributed by atoms with E-state index in [1.807, 2.05) is 36.4 Å². The Hall–Kier alpha value is -2.80. The first-order valence-corrected chi connectivity index (χ1v) is 7.05. The predicted molar refractivity (Wildman–Crippen MR) is 81.1 cm³/mol. The number of carbonyl (C=O) groups is 2. The molecule has 0 fully saturated rings. The smallest absolute Gasteiger partial charge is 0.475 e. The first-order valence-electron chi connectivity index (χ1n) is 7.05. The number of amides is 1. The fourth-order valence-corrected chi connectivity index (χ4v) is 1.42. The van der Waals surface area contributed by atoms with Crippen molar-refractivity contribution in [3.8, 4) is 6.07 Å². The second-order valence-electron chi connectivity index (χ2n) is 4.64. The number of ether oxygens (including phenoxy) is 1. The van der Waals surface area contributed by atoms with E-state index in [4.69, 9.17) is 25.6 Å². The molecule has 0 aliphatic rings. The number of rotatable bonds is 6. The van der Waals surface area contributed by atoms with E-state index in [0.29, 0.717) is 19.4 Å². The predicted octanol–water partition coefficient (Wildman–Crippen LogP) is 2.18. The molecule has 0 aliphatic carbocycles. The Kier molecular flexibility index (Phi) is 10.4. The number of nitriles is 1. The average Bonchev–Trinajstić information content (AvgIpc) is 2.57. The standard InChI is InChI=1S/C13H17N3O2.C2HF3O2/c14-8-4-7-12(9-15)16-13(17)18-10-11-5-2-1-3-6-11;3-2(4,5)1(6)7/h1-3,5-6,12H,4,7,9-10,15H2,(H,16,17);(H,6,7). The first kappa shape index (κ1) is 22.2. The minimum Gasteiger partial charge on any atom is -0.475 e. The van der Waals surface area contributed by atoms with Crippen LogP contribution in [0.1, 0.15) is 18.4 Å². The maximum Gasteiger partial charge on any atom is 0.490 e. The van der Waals surface area contributed by atoms with Crippen LogP contribution in [0.15, 0.2) is 30.3 Å². The first-order chi connectivity index (χ1) is 11.7. The molecule has 0 radical (unpaired) electrons. The highest BCUT2D eigenvalue weighted by Gasteiger charge is 2.38. The maximum atomic E-state index is 11.5. The zero-order chi connectivity index (χ0) is 19.3. The number of alkyl carbamates (subject to hydrolysis) is 1. The molecule has 0 bridgehead atoms. The van der Waals surface area contributed by atoms with Gasteiger partial charge in [0.1, 0.15) is 6.61 Å². The molecule has 10 heteroatoms. The summed E-state index contributed by atoms with van der Waals surface area (Å²) in [5.74, 6) is -2.76. The van der Waals surface area contributed by atoms with Gasteiger partial charge < -0.3 is 20.9 Å². The van der Waals surface area contributed by atoms with Crippen LogP contribution < -0.4 is 11.1 Å². The van der Waals surface area contributed by atoms with E-state index in [2.05, 4.69) is 5.32 Å². The van der Waals surface area contributed by atoms with Crippen molar-refractivity contribution in [3.05, 3.63) is 35.9 Å². The van der Waals surface area contributed by atoms with E-state index in [0.717, 1.165) is 5.56 Å². The molecule has 1 rings (SSSR count). The number of nitrogens with one attached hydrogen (secondary N) is 1. The lowest BCUT2D eigenvalue weighted by molar-refractivity contribution is -0.192. The zero-order valence-electron chi connectivity index (χ0n) is 13.1. The lowest BCUT2D eigenvalue weighted by atomic mass is 10.2.